The van der Waals surface area contributed by atoms with Gasteiger partial charge in [-0.2, -0.15) is 13.2 Å². The number of aliphatic hydroxyl groups excluding tert-OH is 1. The Morgan fingerprint density at radius 1 is 1.19 bits per heavy atom. The molecule has 0 saturated heterocycles. The van der Waals surface area contributed by atoms with Gasteiger partial charge in [0.2, 0.25) is 0 Å². The first-order chi connectivity index (χ1) is 9.77. The highest BCUT2D eigenvalue weighted by Gasteiger charge is 2.47. The van der Waals surface area contributed by atoms with Gasteiger partial charge in [-0.3, -0.25) is 0 Å². The van der Waals surface area contributed by atoms with Crippen molar-refractivity contribution >= 4 is 15.9 Å². The summed E-state index contributed by atoms with van der Waals surface area (Å²) >= 11 is 3.14. The van der Waals surface area contributed by atoms with E-state index in [-0.39, 0.29) is 12.8 Å². The molecule has 3 unspecified atom stereocenters. The van der Waals surface area contributed by atoms with Crippen molar-refractivity contribution in [2.45, 2.75) is 44.4 Å². The van der Waals surface area contributed by atoms with Gasteiger partial charge in [0.25, 0.3) is 0 Å². The van der Waals surface area contributed by atoms with Crippen molar-refractivity contribution in [2.24, 2.45) is 11.8 Å². The van der Waals surface area contributed by atoms with Crippen LogP contribution in [0.1, 0.15) is 31.2 Å². The van der Waals surface area contributed by atoms with E-state index < -0.39 is 29.9 Å². The van der Waals surface area contributed by atoms with E-state index in [0.29, 0.717) is 29.3 Å². The lowest BCUT2D eigenvalue weighted by Crippen LogP contribution is -2.40. The van der Waals surface area contributed by atoms with E-state index in [0.717, 1.165) is 0 Å². The highest BCUT2D eigenvalue weighted by Crippen LogP contribution is 2.43. The predicted octanol–water partition coefficient (Wildman–Crippen LogP) is 4.86. The molecule has 0 radical (unpaired) electrons. The summed E-state index contributed by atoms with van der Waals surface area (Å²) in [5, 5.41) is 10.2. The quantitative estimate of drug-likeness (QED) is 0.755. The first-order valence-electron chi connectivity index (χ1n) is 6.97. The normalized spacial score (nSPS) is 24.9. The zero-order valence-electron chi connectivity index (χ0n) is 11.3. The Hall–Kier alpha value is -0.620. The Labute approximate surface area is 129 Å². The van der Waals surface area contributed by atoms with Gasteiger partial charge in [-0.25, -0.2) is 4.39 Å². The van der Waals surface area contributed by atoms with Crippen molar-refractivity contribution < 1.29 is 22.7 Å². The zero-order valence-corrected chi connectivity index (χ0v) is 12.9. The predicted molar refractivity (Wildman–Crippen MR) is 75.3 cm³/mol. The molecule has 0 amide bonds. The van der Waals surface area contributed by atoms with Crippen LogP contribution in [-0.4, -0.2) is 17.4 Å². The fraction of sp³-hybridized carbons (Fsp3) is 0.600. The molecule has 0 heterocycles. The van der Waals surface area contributed by atoms with Crippen molar-refractivity contribution in [1.29, 1.82) is 0 Å². The standard InChI is InChI=1S/C15H17BrF4O/c16-10-5-9(6-11(17)8-10)7-14(21)12-3-1-2-4-13(12)15(18,19)20/h5-6,8,12-14,21H,1-4,7H2. The maximum Gasteiger partial charge on any atom is 0.392 e. The van der Waals surface area contributed by atoms with Gasteiger partial charge in [0.1, 0.15) is 5.82 Å². The fourth-order valence-corrected chi connectivity index (χ4v) is 3.66. The summed E-state index contributed by atoms with van der Waals surface area (Å²) in [5.41, 5.74) is 0.501. The molecule has 1 nitrogen and oxygen atoms in total. The van der Waals surface area contributed by atoms with Gasteiger partial charge in [0.15, 0.2) is 0 Å². The Morgan fingerprint density at radius 2 is 1.86 bits per heavy atom. The van der Waals surface area contributed by atoms with Gasteiger partial charge in [0, 0.05) is 4.47 Å². The molecule has 1 aliphatic carbocycles. The van der Waals surface area contributed by atoms with Gasteiger partial charge in [0.05, 0.1) is 12.0 Å². The van der Waals surface area contributed by atoms with Crippen LogP contribution in [0.4, 0.5) is 17.6 Å². The number of hydrogen-bond donors (Lipinski definition) is 1. The lowest BCUT2D eigenvalue weighted by molar-refractivity contribution is -0.206. The minimum absolute atomic E-state index is 0.0353. The van der Waals surface area contributed by atoms with E-state index in [2.05, 4.69) is 15.9 Å². The average Bonchev–Trinajstić information content (AvgIpc) is 2.36. The molecule has 118 valence electrons. The molecular formula is C15H17BrF4O. The number of halogens is 5. The van der Waals surface area contributed by atoms with Crippen LogP contribution < -0.4 is 0 Å². The number of rotatable bonds is 3. The van der Waals surface area contributed by atoms with E-state index in [9.17, 15) is 22.7 Å². The molecule has 3 atom stereocenters. The Morgan fingerprint density at radius 3 is 2.48 bits per heavy atom. The summed E-state index contributed by atoms with van der Waals surface area (Å²) in [4.78, 5) is 0. The van der Waals surface area contributed by atoms with E-state index >= 15 is 0 Å². The van der Waals surface area contributed by atoms with Crippen molar-refractivity contribution in [3.63, 3.8) is 0 Å². The van der Waals surface area contributed by atoms with E-state index in [1.165, 1.54) is 12.1 Å². The third-order valence-corrected chi connectivity index (χ3v) is 4.56. The molecule has 0 bridgehead atoms. The number of hydrogen-bond acceptors (Lipinski definition) is 1. The molecule has 1 aliphatic rings. The summed E-state index contributed by atoms with van der Waals surface area (Å²) in [5.74, 6) is -2.73. The highest BCUT2D eigenvalue weighted by molar-refractivity contribution is 9.10. The van der Waals surface area contributed by atoms with Crippen LogP contribution in [0, 0.1) is 17.7 Å². The third kappa shape index (κ3) is 4.42. The van der Waals surface area contributed by atoms with Gasteiger partial charge in [-0.1, -0.05) is 28.8 Å². The van der Waals surface area contributed by atoms with Crippen LogP contribution in [0.15, 0.2) is 22.7 Å². The SMILES string of the molecule is OC(Cc1cc(F)cc(Br)c1)C1CCCCC1C(F)(F)F. The zero-order chi connectivity index (χ0) is 15.6. The largest absolute Gasteiger partial charge is 0.392 e. The van der Waals surface area contributed by atoms with Crippen LogP contribution in [-0.2, 0) is 6.42 Å². The monoisotopic (exact) mass is 368 g/mol. The lowest BCUT2D eigenvalue weighted by Gasteiger charge is -2.36. The number of benzene rings is 1. The summed E-state index contributed by atoms with van der Waals surface area (Å²) in [7, 11) is 0. The maximum absolute atomic E-state index is 13.3. The van der Waals surface area contributed by atoms with Gasteiger partial charge < -0.3 is 5.11 Å². The average molecular weight is 369 g/mol. The van der Waals surface area contributed by atoms with E-state index in [1.807, 2.05) is 0 Å². The van der Waals surface area contributed by atoms with Gasteiger partial charge >= 0.3 is 6.18 Å². The molecule has 6 heteroatoms. The minimum Gasteiger partial charge on any atom is -0.392 e. The molecule has 1 N–H and O–H groups in total. The Bertz CT molecular complexity index is 469. The van der Waals surface area contributed by atoms with Crippen molar-refractivity contribution in [3.8, 4) is 0 Å². The van der Waals surface area contributed by atoms with Crippen LogP contribution in [0.5, 0.6) is 0 Å². The minimum atomic E-state index is -4.28. The molecule has 21 heavy (non-hydrogen) atoms. The molecular weight excluding hydrogens is 352 g/mol. The van der Waals surface area contributed by atoms with Gasteiger partial charge in [-0.05, 0) is 48.9 Å². The molecule has 0 aromatic heterocycles. The second-order valence-electron chi connectivity index (χ2n) is 5.65. The lowest BCUT2D eigenvalue weighted by atomic mass is 9.74. The van der Waals surface area contributed by atoms with Crippen LogP contribution in [0.25, 0.3) is 0 Å². The maximum atomic E-state index is 13.3. The molecule has 1 aromatic carbocycles. The summed E-state index contributed by atoms with van der Waals surface area (Å²) in [6.45, 7) is 0. The van der Waals surface area contributed by atoms with Crippen molar-refractivity contribution in [2.75, 3.05) is 0 Å². The molecule has 0 aliphatic heterocycles. The summed E-state index contributed by atoms with van der Waals surface area (Å²) in [6.07, 6.45) is -3.69. The van der Waals surface area contributed by atoms with Crippen molar-refractivity contribution in [3.05, 3.63) is 34.1 Å². The third-order valence-electron chi connectivity index (χ3n) is 4.10. The van der Waals surface area contributed by atoms with Crippen LogP contribution in [0.2, 0.25) is 0 Å². The summed E-state index contributed by atoms with van der Waals surface area (Å²) < 4.78 is 52.9. The molecule has 1 fully saturated rings. The summed E-state index contributed by atoms with van der Waals surface area (Å²) in [6, 6.07) is 4.14. The van der Waals surface area contributed by atoms with Crippen LogP contribution >= 0.6 is 15.9 Å². The first-order valence-corrected chi connectivity index (χ1v) is 7.76. The Kier molecular flexibility index (Phi) is 5.30. The number of aliphatic hydroxyl groups is 1. The molecule has 0 spiro atoms. The van der Waals surface area contributed by atoms with Gasteiger partial charge in [-0.15, -0.1) is 0 Å². The molecule has 1 aromatic rings. The molecule has 1 saturated carbocycles. The van der Waals surface area contributed by atoms with Crippen LogP contribution in [0.3, 0.4) is 0 Å². The highest BCUT2D eigenvalue weighted by atomic mass is 79.9. The van der Waals surface area contributed by atoms with E-state index in [4.69, 9.17) is 0 Å². The Balaban J connectivity index is 2.12. The topological polar surface area (TPSA) is 20.2 Å². The fourth-order valence-electron chi connectivity index (χ4n) is 3.15. The smallest absolute Gasteiger partial charge is 0.392 e. The second kappa shape index (κ2) is 6.65. The molecule has 2 rings (SSSR count). The first kappa shape index (κ1) is 16.7. The van der Waals surface area contributed by atoms with E-state index in [1.54, 1.807) is 6.07 Å². The second-order valence-corrected chi connectivity index (χ2v) is 6.56. The number of alkyl halides is 3. The van der Waals surface area contributed by atoms with Crippen molar-refractivity contribution in [1.82, 2.24) is 0 Å².